The van der Waals surface area contributed by atoms with Crippen molar-refractivity contribution in [3.8, 4) is 0 Å². The van der Waals surface area contributed by atoms with E-state index in [1.807, 2.05) is 0 Å². The third-order valence-corrected chi connectivity index (χ3v) is 2.41. The molecular formula is C11H22O7S. The molecule has 1 N–H and O–H groups in total. The lowest BCUT2D eigenvalue weighted by atomic mass is 10.2. The molecule has 0 saturated carbocycles. The summed E-state index contributed by atoms with van der Waals surface area (Å²) < 4.78 is 44.2. The van der Waals surface area contributed by atoms with Gasteiger partial charge in [-0.2, -0.15) is 8.42 Å². The number of carbonyl (C=O) groups is 1. The summed E-state index contributed by atoms with van der Waals surface area (Å²) >= 11 is 0. The molecule has 0 bridgehead atoms. The zero-order valence-corrected chi connectivity index (χ0v) is 12.4. The van der Waals surface area contributed by atoms with Crippen LogP contribution in [0.3, 0.4) is 0 Å². The first kappa shape index (κ1) is 18.3. The summed E-state index contributed by atoms with van der Waals surface area (Å²) in [6, 6.07) is 0. The molecule has 0 fully saturated rings. The van der Waals surface area contributed by atoms with Gasteiger partial charge >= 0.3 is 5.97 Å². The standard InChI is InChI=1S/C11H22O7S/c1-11(2,3)18-10(12)4-5-16-6-7-17-8-9-19(13,14)15/h4-9H2,1-3H3,(H,13,14,15). The highest BCUT2D eigenvalue weighted by Crippen LogP contribution is 2.07. The Morgan fingerprint density at radius 1 is 1.05 bits per heavy atom. The van der Waals surface area contributed by atoms with Gasteiger partial charge in [0, 0.05) is 0 Å². The Hall–Kier alpha value is -0.700. The predicted octanol–water partition coefficient (Wildman–Crippen LogP) is 0.639. The number of rotatable bonds is 9. The molecule has 0 radical (unpaired) electrons. The van der Waals surface area contributed by atoms with Crippen molar-refractivity contribution in [1.82, 2.24) is 0 Å². The van der Waals surface area contributed by atoms with E-state index in [1.54, 1.807) is 20.8 Å². The SMILES string of the molecule is CC(C)(C)OC(=O)CCOCCOCCS(=O)(=O)O. The largest absolute Gasteiger partial charge is 0.460 e. The Morgan fingerprint density at radius 3 is 2.05 bits per heavy atom. The molecule has 0 unspecified atom stereocenters. The summed E-state index contributed by atoms with van der Waals surface area (Å²) in [6.07, 6.45) is 0.155. The zero-order valence-electron chi connectivity index (χ0n) is 11.5. The smallest absolute Gasteiger partial charge is 0.308 e. The van der Waals surface area contributed by atoms with E-state index in [2.05, 4.69) is 0 Å². The van der Waals surface area contributed by atoms with Crippen LogP contribution in [0.25, 0.3) is 0 Å². The molecule has 0 heterocycles. The molecule has 19 heavy (non-hydrogen) atoms. The van der Waals surface area contributed by atoms with Gasteiger partial charge in [-0.1, -0.05) is 0 Å². The highest BCUT2D eigenvalue weighted by molar-refractivity contribution is 7.85. The van der Waals surface area contributed by atoms with Crippen LogP contribution in [0.4, 0.5) is 0 Å². The third kappa shape index (κ3) is 15.2. The highest BCUT2D eigenvalue weighted by Gasteiger charge is 2.15. The average Bonchev–Trinajstić information content (AvgIpc) is 2.17. The maximum atomic E-state index is 11.3. The van der Waals surface area contributed by atoms with E-state index in [0.29, 0.717) is 0 Å². The molecule has 0 spiro atoms. The normalized spacial score (nSPS) is 12.4. The minimum absolute atomic E-state index is 0.0890. The van der Waals surface area contributed by atoms with Crippen molar-refractivity contribution in [2.45, 2.75) is 32.8 Å². The first-order valence-electron chi connectivity index (χ1n) is 5.93. The average molecular weight is 298 g/mol. The second-order valence-electron chi connectivity index (χ2n) is 4.85. The second kappa shape index (κ2) is 8.47. The lowest BCUT2D eigenvalue weighted by molar-refractivity contribution is -0.156. The van der Waals surface area contributed by atoms with E-state index < -0.39 is 21.5 Å². The van der Waals surface area contributed by atoms with Crippen molar-refractivity contribution in [3.63, 3.8) is 0 Å². The molecule has 0 aromatic rings. The third-order valence-electron chi connectivity index (χ3n) is 1.73. The van der Waals surface area contributed by atoms with Crippen LogP contribution >= 0.6 is 0 Å². The van der Waals surface area contributed by atoms with Gasteiger partial charge in [-0.05, 0) is 20.8 Å². The fraction of sp³-hybridized carbons (Fsp3) is 0.909. The quantitative estimate of drug-likeness (QED) is 0.379. The van der Waals surface area contributed by atoms with E-state index in [0.717, 1.165) is 0 Å². The summed E-state index contributed by atoms with van der Waals surface area (Å²) in [4.78, 5) is 11.3. The van der Waals surface area contributed by atoms with Gasteiger partial charge in [0.1, 0.15) is 5.60 Å². The molecule has 7 nitrogen and oxygen atoms in total. The summed E-state index contributed by atoms with van der Waals surface area (Å²) in [5.74, 6) is -0.773. The molecule has 8 heteroatoms. The molecule has 0 amide bonds. The summed E-state index contributed by atoms with van der Waals surface area (Å²) in [6.45, 7) is 5.93. The molecule has 0 saturated heterocycles. The zero-order chi connectivity index (χ0) is 14.9. The molecule has 114 valence electrons. The Kier molecular flexibility index (Phi) is 8.15. The monoisotopic (exact) mass is 298 g/mol. The van der Waals surface area contributed by atoms with E-state index in [4.69, 9.17) is 18.8 Å². The van der Waals surface area contributed by atoms with E-state index in [9.17, 15) is 13.2 Å². The Labute approximate surface area is 114 Å². The van der Waals surface area contributed by atoms with Gasteiger partial charge in [0.05, 0.1) is 38.6 Å². The lowest BCUT2D eigenvalue weighted by Crippen LogP contribution is -2.24. The van der Waals surface area contributed by atoms with Crippen LogP contribution in [0, 0.1) is 0 Å². The first-order chi connectivity index (χ1) is 8.60. The fourth-order valence-electron chi connectivity index (χ4n) is 1.03. The Morgan fingerprint density at radius 2 is 1.58 bits per heavy atom. The van der Waals surface area contributed by atoms with Crippen molar-refractivity contribution in [1.29, 1.82) is 0 Å². The summed E-state index contributed by atoms with van der Waals surface area (Å²) in [7, 11) is -3.98. The second-order valence-corrected chi connectivity index (χ2v) is 6.42. The number of carbonyl (C=O) groups excluding carboxylic acids is 1. The van der Waals surface area contributed by atoms with Crippen molar-refractivity contribution in [3.05, 3.63) is 0 Å². The molecule has 0 aromatic heterocycles. The van der Waals surface area contributed by atoms with Gasteiger partial charge in [0.25, 0.3) is 10.1 Å². The molecule has 0 aliphatic carbocycles. The van der Waals surface area contributed by atoms with Crippen LogP contribution in [-0.2, 0) is 29.1 Å². The molecule has 0 rings (SSSR count). The minimum atomic E-state index is -3.98. The maximum absolute atomic E-state index is 11.3. The summed E-state index contributed by atoms with van der Waals surface area (Å²) in [5.41, 5.74) is -0.504. The van der Waals surface area contributed by atoms with E-state index in [1.165, 1.54) is 0 Å². The number of ether oxygens (including phenoxy) is 3. The van der Waals surface area contributed by atoms with Gasteiger partial charge < -0.3 is 14.2 Å². The van der Waals surface area contributed by atoms with Crippen molar-refractivity contribution in [2.75, 3.05) is 32.2 Å². The van der Waals surface area contributed by atoms with Crippen molar-refractivity contribution >= 4 is 16.1 Å². The van der Waals surface area contributed by atoms with Gasteiger partial charge in [-0.25, -0.2) is 0 Å². The highest BCUT2D eigenvalue weighted by atomic mass is 32.2. The first-order valence-corrected chi connectivity index (χ1v) is 7.53. The lowest BCUT2D eigenvalue weighted by Gasteiger charge is -2.19. The topological polar surface area (TPSA) is 99.1 Å². The molecule has 0 aliphatic rings. The number of hydrogen-bond donors (Lipinski definition) is 1. The van der Waals surface area contributed by atoms with Gasteiger partial charge in [0.15, 0.2) is 0 Å². The number of esters is 1. The van der Waals surface area contributed by atoms with Crippen LogP contribution in [0.2, 0.25) is 0 Å². The molecule has 0 atom stereocenters. The molecular weight excluding hydrogens is 276 g/mol. The Bertz CT molecular complexity index is 356. The molecule has 0 aromatic carbocycles. The van der Waals surface area contributed by atoms with Gasteiger partial charge in [0.2, 0.25) is 0 Å². The Balaban J connectivity index is 3.39. The van der Waals surface area contributed by atoms with E-state index in [-0.39, 0.29) is 38.8 Å². The van der Waals surface area contributed by atoms with Crippen LogP contribution in [-0.4, -0.2) is 56.7 Å². The van der Waals surface area contributed by atoms with Crippen LogP contribution in [0.15, 0.2) is 0 Å². The van der Waals surface area contributed by atoms with Gasteiger partial charge in [-0.15, -0.1) is 0 Å². The minimum Gasteiger partial charge on any atom is -0.460 e. The van der Waals surface area contributed by atoms with Gasteiger partial charge in [-0.3, -0.25) is 9.35 Å². The van der Waals surface area contributed by atoms with Crippen molar-refractivity contribution < 1.29 is 32.0 Å². The van der Waals surface area contributed by atoms with Crippen molar-refractivity contribution in [2.24, 2.45) is 0 Å². The number of hydrogen-bond acceptors (Lipinski definition) is 6. The van der Waals surface area contributed by atoms with Crippen LogP contribution in [0.5, 0.6) is 0 Å². The predicted molar refractivity (Wildman–Crippen MR) is 68.5 cm³/mol. The fourth-order valence-corrected chi connectivity index (χ4v) is 1.36. The van der Waals surface area contributed by atoms with E-state index >= 15 is 0 Å². The summed E-state index contributed by atoms with van der Waals surface area (Å²) in [5, 5.41) is 0. The van der Waals surface area contributed by atoms with Crippen LogP contribution in [0.1, 0.15) is 27.2 Å². The molecule has 0 aliphatic heterocycles. The maximum Gasteiger partial charge on any atom is 0.308 e. The van der Waals surface area contributed by atoms with Crippen LogP contribution < -0.4 is 0 Å².